The number of carboxylic acid groups (broad SMARTS) is 1. The zero-order valence-electron chi connectivity index (χ0n) is 13.1. The number of carbonyl (C=O) groups is 2. The molecule has 7 heteroatoms. The molecule has 0 saturated heterocycles. The summed E-state index contributed by atoms with van der Waals surface area (Å²) in [5, 5.41) is 11.5. The van der Waals surface area contributed by atoms with Crippen LogP contribution in [-0.4, -0.2) is 33.1 Å². The van der Waals surface area contributed by atoms with Crippen LogP contribution in [0.5, 0.6) is 0 Å². The zero-order chi connectivity index (χ0) is 17.8. The molecule has 126 valence electrons. The van der Waals surface area contributed by atoms with Crippen LogP contribution >= 0.6 is 0 Å². The molecule has 2 aromatic carbocycles. The van der Waals surface area contributed by atoms with Crippen molar-refractivity contribution in [2.24, 2.45) is 0 Å². The summed E-state index contributed by atoms with van der Waals surface area (Å²) in [6.45, 7) is -0.530. The van der Waals surface area contributed by atoms with Gasteiger partial charge in [-0.2, -0.15) is 0 Å². The molecule has 0 aliphatic heterocycles. The lowest BCUT2D eigenvalue weighted by atomic mass is 10.1. The van der Waals surface area contributed by atoms with Gasteiger partial charge in [0.1, 0.15) is 12.6 Å². The summed E-state index contributed by atoms with van der Waals surface area (Å²) in [4.78, 5) is 40.4. The van der Waals surface area contributed by atoms with Gasteiger partial charge in [0, 0.05) is 0 Å². The third kappa shape index (κ3) is 3.40. The minimum atomic E-state index is -1.16. The van der Waals surface area contributed by atoms with Crippen molar-refractivity contribution in [1.29, 1.82) is 0 Å². The molecule has 0 radical (unpaired) electrons. The Hall–Kier alpha value is -3.48. The second kappa shape index (κ2) is 6.96. The molecule has 0 aliphatic rings. The molecule has 0 fully saturated rings. The maximum absolute atomic E-state index is 12.8. The summed E-state index contributed by atoms with van der Waals surface area (Å²) in [5.74, 6) is -1.75. The Morgan fingerprint density at radius 2 is 1.76 bits per heavy atom. The summed E-state index contributed by atoms with van der Waals surface area (Å²) in [6.07, 6.45) is 1.31. The molecule has 3 aromatic rings. The molecule has 7 nitrogen and oxygen atoms in total. The van der Waals surface area contributed by atoms with Gasteiger partial charge in [0.15, 0.2) is 0 Å². The number of nitrogens with zero attached hydrogens (tertiary/aromatic N) is 2. The largest absolute Gasteiger partial charge is 0.480 e. The lowest BCUT2D eigenvalue weighted by molar-refractivity contribution is -0.138. The molecule has 1 aromatic heterocycles. The first-order valence-electron chi connectivity index (χ1n) is 7.58. The Bertz CT molecular complexity index is 982. The first-order valence-corrected chi connectivity index (χ1v) is 7.58. The number of aromatic nitrogens is 2. The third-order valence-corrected chi connectivity index (χ3v) is 3.75. The molecule has 2 N–H and O–H groups in total. The van der Waals surface area contributed by atoms with Crippen LogP contribution in [0.3, 0.4) is 0 Å². The number of carboxylic acids is 1. The minimum absolute atomic E-state index is 0.370. The normalized spacial score (nSPS) is 11.8. The van der Waals surface area contributed by atoms with Crippen molar-refractivity contribution in [3.05, 3.63) is 76.8 Å². The Morgan fingerprint density at radius 1 is 1.08 bits per heavy atom. The molecule has 0 spiro atoms. The fourth-order valence-electron chi connectivity index (χ4n) is 2.60. The maximum atomic E-state index is 12.8. The first kappa shape index (κ1) is 16.4. The summed E-state index contributed by atoms with van der Waals surface area (Å²) in [7, 11) is 0. The van der Waals surface area contributed by atoms with Crippen LogP contribution in [0.15, 0.2) is 65.7 Å². The van der Waals surface area contributed by atoms with E-state index in [0.29, 0.717) is 16.5 Å². The van der Waals surface area contributed by atoms with E-state index in [1.165, 1.54) is 10.9 Å². The van der Waals surface area contributed by atoms with Gasteiger partial charge in [0.25, 0.3) is 5.56 Å². The lowest BCUT2D eigenvalue weighted by Crippen LogP contribution is -2.40. The number of aliphatic carboxylic acids is 1. The number of amides is 1. The standard InChI is InChI=1S/C18H15N3O4/c22-15(23)10-19-17(24)16(12-6-2-1-3-7-12)21-11-20-14-9-5-4-8-13(14)18(21)25/h1-9,11,16H,10H2,(H,19,24)(H,22,23)/t16-/m0/s1. The highest BCUT2D eigenvalue weighted by Gasteiger charge is 2.24. The van der Waals surface area contributed by atoms with Gasteiger partial charge in [-0.15, -0.1) is 0 Å². The average Bonchev–Trinajstić information content (AvgIpc) is 2.63. The number of hydrogen-bond donors (Lipinski definition) is 2. The van der Waals surface area contributed by atoms with Gasteiger partial charge in [0.05, 0.1) is 17.2 Å². The van der Waals surface area contributed by atoms with E-state index in [1.807, 2.05) is 0 Å². The second-order valence-corrected chi connectivity index (χ2v) is 5.40. The zero-order valence-corrected chi connectivity index (χ0v) is 13.1. The number of nitrogens with one attached hydrogen (secondary N) is 1. The molecule has 0 saturated carbocycles. The van der Waals surface area contributed by atoms with E-state index in [-0.39, 0.29) is 5.56 Å². The quantitative estimate of drug-likeness (QED) is 0.728. The number of para-hydroxylation sites is 1. The molecule has 3 rings (SSSR count). The Balaban J connectivity index is 2.12. The van der Waals surface area contributed by atoms with Crippen LogP contribution in [0.4, 0.5) is 0 Å². The summed E-state index contributed by atoms with van der Waals surface area (Å²) < 4.78 is 1.22. The minimum Gasteiger partial charge on any atom is -0.480 e. The highest BCUT2D eigenvalue weighted by Crippen LogP contribution is 2.18. The summed E-state index contributed by atoms with van der Waals surface area (Å²) >= 11 is 0. The van der Waals surface area contributed by atoms with Crippen molar-refractivity contribution >= 4 is 22.8 Å². The van der Waals surface area contributed by atoms with Crippen molar-refractivity contribution in [3.63, 3.8) is 0 Å². The van der Waals surface area contributed by atoms with Crippen LogP contribution in [0.25, 0.3) is 10.9 Å². The highest BCUT2D eigenvalue weighted by atomic mass is 16.4. The summed E-state index contributed by atoms with van der Waals surface area (Å²) in [5.41, 5.74) is 0.719. The molecule has 0 aliphatic carbocycles. The first-order chi connectivity index (χ1) is 12.1. The van der Waals surface area contributed by atoms with Gasteiger partial charge in [-0.25, -0.2) is 4.98 Å². The summed E-state index contributed by atoms with van der Waals surface area (Å²) in [6, 6.07) is 14.5. The van der Waals surface area contributed by atoms with Crippen LogP contribution in [0.2, 0.25) is 0 Å². The third-order valence-electron chi connectivity index (χ3n) is 3.75. The average molecular weight is 337 g/mol. The van der Waals surface area contributed by atoms with Gasteiger partial charge in [0.2, 0.25) is 5.91 Å². The SMILES string of the molecule is O=C(O)CNC(=O)[C@H](c1ccccc1)n1cnc2ccccc2c1=O. The van der Waals surface area contributed by atoms with E-state index in [2.05, 4.69) is 10.3 Å². The predicted octanol–water partition coefficient (Wildman–Crippen LogP) is 1.19. The van der Waals surface area contributed by atoms with Crippen LogP contribution < -0.4 is 10.9 Å². The fourth-order valence-corrected chi connectivity index (χ4v) is 2.60. The molecular weight excluding hydrogens is 322 g/mol. The number of rotatable bonds is 5. The lowest BCUT2D eigenvalue weighted by Gasteiger charge is -2.19. The second-order valence-electron chi connectivity index (χ2n) is 5.40. The van der Waals surface area contributed by atoms with Crippen molar-refractivity contribution in [1.82, 2.24) is 14.9 Å². The van der Waals surface area contributed by atoms with Gasteiger partial charge in [-0.1, -0.05) is 42.5 Å². The van der Waals surface area contributed by atoms with Gasteiger partial charge < -0.3 is 10.4 Å². The van der Waals surface area contributed by atoms with Crippen molar-refractivity contribution in [2.75, 3.05) is 6.54 Å². The Kier molecular flexibility index (Phi) is 4.56. The monoisotopic (exact) mass is 337 g/mol. The maximum Gasteiger partial charge on any atom is 0.322 e. The topological polar surface area (TPSA) is 101 Å². The number of hydrogen-bond acceptors (Lipinski definition) is 4. The number of carbonyl (C=O) groups excluding carboxylic acids is 1. The van der Waals surface area contributed by atoms with E-state index < -0.39 is 24.5 Å². The molecule has 1 heterocycles. The molecule has 25 heavy (non-hydrogen) atoms. The van der Waals surface area contributed by atoms with Crippen LogP contribution in [0, 0.1) is 0 Å². The van der Waals surface area contributed by atoms with Crippen LogP contribution in [0.1, 0.15) is 11.6 Å². The molecule has 0 unspecified atom stereocenters. The Labute approximate surface area is 142 Å². The van der Waals surface area contributed by atoms with Gasteiger partial charge in [-0.05, 0) is 17.7 Å². The highest BCUT2D eigenvalue weighted by molar-refractivity contribution is 5.87. The van der Waals surface area contributed by atoms with Crippen molar-refractivity contribution in [2.45, 2.75) is 6.04 Å². The number of benzene rings is 2. The van der Waals surface area contributed by atoms with Crippen LogP contribution in [-0.2, 0) is 9.59 Å². The predicted molar refractivity (Wildman–Crippen MR) is 91.2 cm³/mol. The van der Waals surface area contributed by atoms with E-state index in [0.717, 1.165) is 0 Å². The van der Waals surface area contributed by atoms with E-state index in [4.69, 9.17) is 5.11 Å². The van der Waals surface area contributed by atoms with Gasteiger partial charge in [-0.3, -0.25) is 19.0 Å². The molecule has 1 atom stereocenters. The molecule has 1 amide bonds. The molecular formula is C18H15N3O4. The van der Waals surface area contributed by atoms with E-state index >= 15 is 0 Å². The van der Waals surface area contributed by atoms with Gasteiger partial charge >= 0.3 is 5.97 Å². The number of fused-ring (bicyclic) bond motifs is 1. The van der Waals surface area contributed by atoms with E-state index in [9.17, 15) is 14.4 Å². The molecule has 0 bridgehead atoms. The fraction of sp³-hybridized carbons (Fsp3) is 0.111. The van der Waals surface area contributed by atoms with Crippen molar-refractivity contribution in [3.8, 4) is 0 Å². The smallest absolute Gasteiger partial charge is 0.322 e. The van der Waals surface area contributed by atoms with E-state index in [1.54, 1.807) is 54.6 Å². The van der Waals surface area contributed by atoms with Crippen molar-refractivity contribution < 1.29 is 14.7 Å². The Morgan fingerprint density at radius 3 is 2.48 bits per heavy atom.